The molecule has 0 bridgehead atoms. The molecule has 7 heteroatoms. The smallest absolute Gasteiger partial charge is 0.303 e. The van der Waals surface area contributed by atoms with E-state index in [0.29, 0.717) is 36.1 Å². The first-order valence-corrected chi connectivity index (χ1v) is 9.09. The lowest BCUT2D eigenvalue weighted by atomic mass is 9.93. The van der Waals surface area contributed by atoms with Gasteiger partial charge >= 0.3 is 5.97 Å². The number of aliphatic carboxylic acids is 1. The van der Waals surface area contributed by atoms with E-state index < -0.39 is 5.97 Å². The van der Waals surface area contributed by atoms with Crippen molar-refractivity contribution in [3.05, 3.63) is 41.2 Å². The monoisotopic (exact) mass is 376 g/mol. The predicted octanol–water partition coefficient (Wildman–Crippen LogP) is 3.64. The normalized spacial score (nSPS) is 17.3. The maximum atomic E-state index is 12.6. The summed E-state index contributed by atoms with van der Waals surface area (Å²) in [6.45, 7) is 1.33. The number of nitrogens with zero attached hydrogens (tertiary/aromatic N) is 2. The third kappa shape index (κ3) is 4.85. The Hall–Kier alpha value is -2.34. The first kappa shape index (κ1) is 18.5. The molecule has 0 aliphatic carbocycles. The van der Waals surface area contributed by atoms with E-state index in [1.54, 1.807) is 12.1 Å². The van der Waals surface area contributed by atoms with Gasteiger partial charge in [0.25, 0.3) is 0 Å². The summed E-state index contributed by atoms with van der Waals surface area (Å²) in [6, 6.07) is 7.16. The molecule has 1 aromatic heterocycles. The molecule has 3 rings (SSSR count). The molecule has 6 nitrogen and oxygen atoms in total. The number of rotatable bonds is 6. The molecule has 1 aliphatic heterocycles. The summed E-state index contributed by atoms with van der Waals surface area (Å²) in [5.41, 5.74) is 1.40. The van der Waals surface area contributed by atoms with Gasteiger partial charge in [0.15, 0.2) is 0 Å². The molecule has 0 saturated carbocycles. The number of carbonyl (C=O) groups excluding carboxylic acids is 1. The van der Waals surface area contributed by atoms with Gasteiger partial charge in [-0.3, -0.25) is 9.59 Å². The van der Waals surface area contributed by atoms with Crippen molar-refractivity contribution in [2.75, 3.05) is 13.1 Å². The molecule has 2 aromatic rings. The van der Waals surface area contributed by atoms with E-state index in [-0.39, 0.29) is 24.7 Å². The van der Waals surface area contributed by atoms with E-state index in [1.165, 1.54) is 6.26 Å². The van der Waals surface area contributed by atoms with E-state index in [4.69, 9.17) is 21.1 Å². The summed E-state index contributed by atoms with van der Waals surface area (Å²) < 4.78 is 5.47. The summed E-state index contributed by atoms with van der Waals surface area (Å²) in [4.78, 5) is 29.5. The van der Waals surface area contributed by atoms with Gasteiger partial charge in [-0.2, -0.15) is 0 Å². The summed E-state index contributed by atoms with van der Waals surface area (Å²) in [5.74, 6) is -0.0695. The summed E-state index contributed by atoms with van der Waals surface area (Å²) >= 11 is 5.88. The Balaban J connectivity index is 1.57. The van der Waals surface area contributed by atoms with Crippen molar-refractivity contribution in [3.8, 4) is 11.5 Å². The van der Waals surface area contributed by atoms with Crippen LogP contribution in [0.1, 0.15) is 31.4 Å². The van der Waals surface area contributed by atoms with E-state index >= 15 is 0 Å². The number of carboxylic acids is 1. The lowest BCUT2D eigenvalue weighted by molar-refractivity contribution is -0.137. The van der Waals surface area contributed by atoms with Crippen molar-refractivity contribution in [2.24, 2.45) is 5.92 Å². The van der Waals surface area contributed by atoms with Crippen molar-refractivity contribution >= 4 is 23.5 Å². The average molecular weight is 377 g/mol. The van der Waals surface area contributed by atoms with Gasteiger partial charge in [-0.05, 0) is 49.4 Å². The fourth-order valence-corrected chi connectivity index (χ4v) is 3.36. The van der Waals surface area contributed by atoms with Crippen LogP contribution in [0.5, 0.6) is 0 Å². The van der Waals surface area contributed by atoms with Crippen LogP contribution in [0.2, 0.25) is 5.02 Å². The molecule has 2 heterocycles. The second kappa shape index (κ2) is 8.36. The van der Waals surface area contributed by atoms with Gasteiger partial charge in [-0.1, -0.05) is 11.6 Å². The van der Waals surface area contributed by atoms with E-state index in [9.17, 15) is 9.59 Å². The molecule has 1 unspecified atom stereocenters. The fraction of sp³-hybridized carbons (Fsp3) is 0.421. The number of aromatic nitrogens is 1. The number of halogens is 1. The van der Waals surface area contributed by atoms with Crippen molar-refractivity contribution in [2.45, 2.75) is 32.1 Å². The number of amides is 1. The number of benzene rings is 1. The highest BCUT2D eigenvalue weighted by Gasteiger charge is 2.24. The van der Waals surface area contributed by atoms with Crippen molar-refractivity contribution in [3.63, 3.8) is 0 Å². The topological polar surface area (TPSA) is 83.6 Å². The minimum Gasteiger partial charge on any atom is -0.481 e. The molecule has 1 aromatic carbocycles. The Kier molecular flexibility index (Phi) is 5.93. The first-order valence-electron chi connectivity index (χ1n) is 8.71. The van der Waals surface area contributed by atoms with Crippen LogP contribution < -0.4 is 0 Å². The van der Waals surface area contributed by atoms with Crippen LogP contribution in [0.25, 0.3) is 11.5 Å². The summed E-state index contributed by atoms with van der Waals surface area (Å²) in [5, 5.41) is 9.46. The molecule has 0 spiro atoms. The highest BCUT2D eigenvalue weighted by molar-refractivity contribution is 6.30. The van der Waals surface area contributed by atoms with E-state index in [2.05, 4.69) is 4.98 Å². The van der Waals surface area contributed by atoms with E-state index in [0.717, 1.165) is 18.4 Å². The van der Waals surface area contributed by atoms with Crippen LogP contribution >= 0.6 is 11.6 Å². The molecular weight excluding hydrogens is 356 g/mol. The number of hydrogen-bond donors (Lipinski definition) is 1. The van der Waals surface area contributed by atoms with Crippen molar-refractivity contribution in [1.82, 2.24) is 9.88 Å². The quantitative estimate of drug-likeness (QED) is 0.832. The molecule has 0 radical (unpaired) electrons. The minimum absolute atomic E-state index is 0.000908. The van der Waals surface area contributed by atoms with Crippen LogP contribution in [0.3, 0.4) is 0 Å². The van der Waals surface area contributed by atoms with Gasteiger partial charge in [0.2, 0.25) is 11.8 Å². The molecule has 1 aliphatic rings. The second-order valence-electron chi connectivity index (χ2n) is 6.61. The van der Waals surface area contributed by atoms with Crippen LogP contribution in [0.15, 0.2) is 34.9 Å². The zero-order valence-corrected chi connectivity index (χ0v) is 15.1. The van der Waals surface area contributed by atoms with E-state index in [1.807, 2.05) is 17.0 Å². The molecule has 1 saturated heterocycles. The summed E-state index contributed by atoms with van der Waals surface area (Å²) in [7, 11) is 0. The molecule has 26 heavy (non-hydrogen) atoms. The third-order valence-corrected chi connectivity index (χ3v) is 4.87. The maximum absolute atomic E-state index is 12.6. The molecule has 1 amide bonds. The minimum atomic E-state index is -0.786. The molecule has 138 valence electrons. The Morgan fingerprint density at radius 1 is 1.31 bits per heavy atom. The van der Waals surface area contributed by atoms with Gasteiger partial charge in [-0.15, -0.1) is 0 Å². The fourth-order valence-electron chi connectivity index (χ4n) is 3.23. The molecule has 1 N–H and O–H groups in total. The second-order valence-corrected chi connectivity index (χ2v) is 7.04. The summed E-state index contributed by atoms with van der Waals surface area (Å²) in [6.07, 6.45) is 4.34. The number of likely N-dealkylation sites (tertiary alicyclic amines) is 1. The maximum Gasteiger partial charge on any atom is 0.303 e. The van der Waals surface area contributed by atoms with Gasteiger partial charge in [0, 0.05) is 30.1 Å². The zero-order valence-electron chi connectivity index (χ0n) is 14.4. The number of piperidine rings is 1. The standard InChI is InChI=1S/C19H21ClN2O4/c20-15-6-4-14(5-7-15)19-21-16(12-26-19)10-17(23)22-9-1-2-13(11-22)3-8-18(24)25/h4-7,12-13H,1-3,8-11H2,(H,24,25). The number of oxazole rings is 1. The van der Waals surface area contributed by atoms with Crippen LogP contribution in [-0.4, -0.2) is 40.0 Å². The van der Waals surface area contributed by atoms with Crippen LogP contribution in [0, 0.1) is 5.92 Å². The number of carboxylic acid groups (broad SMARTS) is 1. The molecular formula is C19H21ClN2O4. The van der Waals surface area contributed by atoms with Crippen molar-refractivity contribution in [1.29, 1.82) is 0 Å². The van der Waals surface area contributed by atoms with Crippen molar-refractivity contribution < 1.29 is 19.1 Å². The third-order valence-electron chi connectivity index (χ3n) is 4.61. The Morgan fingerprint density at radius 3 is 2.81 bits per heavy atom. The Labute approximate surface area is 156 Å². The lowest BCUT2D eigenvalue weighted by Gasteiger charge is -2.32. The number of hydrogen-bond acceptors (Lipinski definition) is 4. The average Bonchev–Trinajstić information content (AvgIpc) is 3.09. The lowest BCUT2D eigenvalue weighted by Crippen LogP contribution is -2.40. The van der Waals surface area contributed by atoms with Crippen LogP contribution in [-0.2, 0) is 16.0 Å². The van der Waals surface area contributed by atoms with Crippen LogP contribution in [0.4, 0.5) is 0 Å². The largest absolute Gasteiger partial charge is 0.481 e. The Morgan fingerprint density at radius 2 is 2.08 bits per heavy atom. The number of carbonyl (C=O) groups is 2. The first-order chi connectivity index (χ1) is 12.5. The zero-order chi connectivity index (χ0) is 18.5. The SMILES string of the molecule is O=C(O)CCC1CCCN(C(=O)Cc2coc(-c3ccc(Cl)cc3)n2)C1. The van der Waals surface area contributed by atoms with Gasteiger partial charge in [0.1, 0.15) is 6.26 Å². The highest BCUT2D eigenvalue weighted by atomic mass is 35.5. The van der Waals surface area contributed by atoms with Gasteiger partial charge < -0.3 is 14.4 Å². The van der Waals surface area contributed by atoms with Gasteiger partial charge in [-0.25, -0.2) is 4.98 Å². The molecule has 1 fully saturated rings. The van der Waals surface area contributed by atoms with Gasteiger partial charge in [0.05, 0.1) is 12.1 Å². The Bertz CT molecular complexity index is 772. The predicted molar refractivity (Wildman–Crippen MR) is 96.8 cm³/mol. The molecule has 1 atom stereocenters. The highest BCUT2D eigenvalue weighted by Crippen LogP contribution is 2.23.